The second kappa shape index (κ2) is 7.06. The summed E-state index contributed by atoms with van der Waals surface area (Å²) in [4.78, 5) is 23.8. The maximum Gasteiger partial charge on any atom is 0.314 e. The fourth-order valence-electron chi connectivity index (χ4n) is 2.55. The van der Waals surface area contributed by atoms with Gasteiger partial charge in [-0.3, -0.25) is 9.59 Å². The molecule has 0 saturated heterocycles. The third kappa shape index (κ3) is 3.71. The number of rotatable bonds is 4. The summed E-state index contributed by atoms with van der Waals surface area (Å²) in [5, 5.41) is 18.1. The molecule has 1 aliphatic heterocycles. The van der Waals surface area contributed by atoms with E-state index in [1.807, 2.05) is 0 Å². The van der Waals surface area contributed by atoms with Gasteiger partial charge in [0.2, 0.25) is 0 Å². The molecule has 2 heterocycles. The van der Waals surface area contributed by atoms with E-state index in [1.165, 1.54) is 4.68 Å². The van der Waals surface area contributed by atoms with Crippen molar-refractivity contribution >= 4 is 39.1 Å². The summed E-state index contributed by atoms with van der Waals surface area (Å²) in [7, 11) is -3.34. The van der Waals surface area contributed by atoms with Crippen LogP contribution in [0.25, 0.3) is 5.69 Å². The molecule has 3 rings (SSSR count). The molecule has 0 unspecified atom stereocenters. The zero-order valence-electron chi connectivity index (χ0n) is 13.4. The first-order chi connectivity index (χ1) is 12.3. The minimum Gasteiger partial charge on any atom is -0.395 e. The van der Waals surface area contributed by atoms with Gasteiger partial charge in [-0.1, -0.05) is 11.6 Å². The molecular formula is C15H15ClN4O5S. The van der Waals surface area contributed by atoms with Crippen molar-refractivity contribution in [2.45, 2.75) is 11.5 Å². The van der Waals surface area contributed by atoms with Gasteiger partial charge in [0.1, 0.15) is 5.82 Å². The molecule has 0 aliphatic carbocycles. The van der Waals surface area contributed by atoms with E-state index >= 15 is 0 Å². The quantitative estimate of drug-likeness (QED) is 0.621. The van der Waals surface area contributed by atoms with Gasteiger partial charge in [0.05, 0.1) is 29.5 Å². The van der Waals surface area contributed by atoms with Gasteiger partial charge in [-0.2, -0.15) is 5.10 Å². The number of aromatic nitrogens is 2. The molecule has 1 aliphatic rings. The minimum atomic E-state index is -3.34. The fourth-order valence-corrected chi connectivity index (χ4v) is 4.17. The Morgan fingerprint density at radius 1 is 1.19 bits per heavy atom. The Hall–Kier alpha value is -2.43. The topological polar surface area (TPSA) is 130 Å². The fraction of sp³-hybridized carbons (Fsp3) is 0.267. The van der Waals surface area contributed by atoms with Gasteiger partial charge in [0.25, 0.3) is 0 Å². The standard InChI is InChI=1S/C15H15ClN4O5S/c16-9-1-3-10(4-2-9)20-13(18-15(23)14(22)17-5-6-21)11-7-26(24,25)8-12(11)19-20/h1-4,21H,5-8H2,(H,17,22)(H,18,23). The number of benzene rings is 1. The Kier molecular flexibility index (Phi) is 4.99. The van der Waals surface area contributed by atoms with Crippen LogP contribution in [0, 0.1) is 0 Å². The number of carbonyl (C=O) groups is 2. The maximum absolute atomic E-state index is 12.1. The van der Waals surface area contributed by atoms with E-state index in [-0.39, 0.29) is 30.5 Å². The van der Waals surface area contributed by atoms with E-state index in [2.05, 4.69) is 15.7 Å². The summed E-state index contributed by atoms with van der Waals surface area (Å²) in [6.45, 7) is -0.384. The van der Waals surface area contributed by atoms with E-state index < -0.39 is 21.7 Å². The van der Waals surface area contributed by atoms with Gasteiger partial charge >= 0.3 is 11.8 Å². The van der Waals surface area contributed by atoms with E-state index in [9.17, 15) is 18.0 Å². The van der Waals surface area contributed by atoms with Crippen LogP contribution in [0.2, 0.25) is 5.02 Å². The maximum atomic E-state index is 12.1. The van der Waals surface area contributed by atoms with Crippen molar-refractivity contribution in [3.63, 3.8) is 0 Å². The molecule has 1 aromatic heterocycles. The molecule has 1 aromatic carbocycles. The first kappa shape index (κ1) is 18.4. The molecular weight excluding hydrogens is 384 g/mol. The average Bonchev–Trinajstić information content (AvgIpc) is 3.06. The van der Waals surface area contributed by atoms with Crippen LogP contribution in [0.1, 0.15) is 11.3 Å². The number of aliphatic hydroxyl groups is 1. The van der Waals surface area contributed by atoms with Crippen LogP contribution in [-0.4, -0.2) is 48.3 Å². The lowest BCUT2D eigenvalue weighted by molar-refractivity contribution is -0.136. The monoisotopic (exact) mass is 398 g/mol. The van der Waals surface area contributed by atoms with Crippen molar-refractivity contribution in [2.75, 3.05) is 18.5 Å². The van der Waals surface area contributed by atoms with Crippen molar-refractivity contribution in [1.82, 2.24) is 15.1 Å². The summed E-state index contributed by atoms with van der Waals surface area (Å²) >= 11 is 5.87. The Labute approximate surface area is 153 Å². The predicted octanol–water partition coefficient (Wildman–Crippen LogP) is 0.00110. The summed E-state index contributed by atoms with van der Waals surface area (Å²) < 4.78 is 25.1. The summed E-state index contributed by atoms with van der Waals surface area (Å²) in [6, 6.07) is 6.56. The summed E-state index contributed by atoms with van der Waals surface area (Å²) in [6.07, 6.45) is 0. The number of anilines is 1. The lowest BCUT2D eigenvalue weighted by atomic mass is 10.2. The Bertz CT molecular complexity index is 969. The molecule has 0 fully saturated rings. The molecule has 11 heteroatoms. The van der Waals surface area contributed by atoms with Crippen LogP contribution in [-0.2, 0) is 30.9 Å². The number of nitrogens with one attached hydrogen (secondary N) is 2. The average molecular weight is 399 g/mol. The van der Waals surface area contributed by atoms with Crippen molar-refractivity contribution in [3.8, 4) is 5.69 Å². The predicted molar refractivity (Wildman–Crippen MR) is 93.6 cm³/mol. The van der Waals surface area contributed by atoms with Crippen LogP contribution in [0.3, 0.4) is 0 Å². The van der Waals surface area contributed by atoms with Gasteiger partial charge < -0.3 is 15.7 Å². The van der Waals surface area contributed by atoms with Crippen LogP contribution >= 0.6 is 11.6 Å². The molecule has 26 heavy (non-hydrogen) atoms. The number of halogens is 1. The molecule has 0 radical (unpaired) electrons. The van der Waals surface area contributed by atoms with Crippen LogP contribution in [0.15, 0.2) is 24.3 Å². The lowest BCUT2D eigenvalue weighted by Crippen LogP contribution is -2.37. The Morgan fingerprint density at radius 3 is 2.54 bits per heavy atom. The lowest BCUT2D eigenvalue weighted by Gasteiger charge is -2.11. The molecule has 2 amide bonds. The number of hydrogen-bond donors (Lipinski definition) is 3. The van der Waals surface area contributed by atoms with Crippen molar-refractivity contribution in [2.24, 2.45) is 0 Å². The molecule has 138 valence electrons. The van der Waals surface area contributed by atoms with Crippen LogP contribution in [0.4, 0.5) is 5.82 Å². The second-order valence-electron chi connectivity index (χ2n) is 5.63. The molecule has 0 bridgehead atoms. The highest BCUT2D eigenvalue weighted by atomic mass is 35.5. The first-order valence-corrected chi connectivity index (χ1v) is 9.78. The molecule has 0 atom stereocenters. The van der Waals surface area contributed by atoms with Crippen LogP contribution < -0.4 is 10.6 Å². The minimum absolute atomic E-state index is 0.0742. The van der Waals surface area contributed by atoms with Gasteiger partial charge in [-0.25, -0.2) is 13.1 Å². The Morgan fingerprint density at radius 2 is 1.88 bits per heavy atom. The number of carbonyl (C=O) groups excluding carboxylic acids is 2. The highest BCUT2D eigenvalue weighted by Gasteiger charge is 2.33. The smallest absolute Gasteiger partial charge is 0.314 e. The van der Waals surface area contributed by atoms with E-state index in [0.29, 0.717) is 22.0 Å². The molecule has 9 nitrogen and oxygen atoms in total. The van der Waals surface area contributed by atoms with Crippen molar-refractivity contribution in [1.29, 1.82) is 0 Å². The number of fused-ring (bicyclic) bond motifs is 1. The third-order valence-corrected chi connectivity index (χ3v) is 5.39. The Balaban J connectivity index is 1.98. The van der Waals surface area contributed by atoms with Gasteiger partial charge in [0.15, 0.2) is 9.84 Å². The molecule has 0 spiro atoms. The van der Waals surface area contributed by atoms with Gasteiger partial charge in [0, 0.05) is 17.1 Å². The number of aliphatic hydroxyl groups excluding tert-OH is 1. The highest BCUT2D eigenvalue weighted by Crippen LogP contribution is 2.33. The van der Waals surface area contributed by atoms with Crippen molar-refractivity contribution < 1.29 is 23.1 Å². The van der Waals surface area contributed by atoms with Crippen molar-refractivity contribution in [3.05, 3.63) is 40.5 Å². The largest absolute Gasteiger partial charge is 0.395 e. The number of nitrogens with zero attached hydrogens (tertiary/aromatic N) is 2. The highest BCUT2D eigenvalue weighted by molar-refractivity contribution is 7.90. The second-order valence-corrected chi connectivity index (χ2v) is 8.13. The van der Waals surface area contributed by atoms with E-state index in [0.717, 1.165) is 0 Å². The zero-order chi connectivity index (χ0) is 18.9. The van der Waals surface area contributed by atoms with Crippen LogP contribution in [0.5, 0.6) is 0 Å². The summed E-state index contributed by atoms with van der Waals surface area (Å²) in [5.74, 6) is -2.32. The zero-order valence-corrected chi connectivity index (χ0v) is 15.0. The van der Waals surface area contributed by atoms with Gasteiger partial charge in [-0.05, 0) is 24.3 Å². The normalized spacial score (nSPS) is 14.7. The number of hydrogen-bond acceptors (Lipinski definition) is 6. The number of amides is 2. The third-order valence-electron chi connectivity index (χ3n) is 3.69. The van der Waals surface area contributed by atoms with E-state index in [4.69, 9.17) is 16.7 Å². The summed E-state index contributed by atoms with van der Waals surface area (Å²) in [5.41, 5.74) is 1.22. The number of sulfone groups is 1. The molecule has 3 N–H and O–H groups in total. The SMILES string of the molecule is O=C(NCCO)C(=O)Nc1c2c(nn1-c1ccc(Cl)cc1)CS(=O)(=O)C2. The van der Waals surface area contributed by atoms with Gasteiger partial charge in [-0.15, -0.1) is 0 Å². The van der Waals surface area contributed by atoms with E-state index in [1.54, 1.807) is 24.3 Å². The first-order valence-electron chi connectivity index (χ1n) is 7.58. The molecule has 0 saturated carbocycles. The molecule has 2 aromatic rings.